The molecule has 0 atom stereocenters. The van der Waals surface area contributed by atoms with Crippen molar-refractivity contribution in [1.82, 2.24) is 4.31 Å². The summed E-state index contributed by atoms with van der Waals surface area (Å²) in [5, 5.41) is 11.7. The zero-order valence-corrected chi connectivity index (χ0v) is 18.7. The van der Waals surface area contributed by atoms with Crippen LogP contribution in [-0.4, -0.2) is 44.3 Å². The van der Waals surface area contributed by atoms with Crippen LogP contribution < -0.4 is 5.32 Å². The third kappa shape index (κ3) is 6.07. The van der Waals surface area contributed by atoms with Crippen molar-refractivity contribution in [3.63, 3.8) is 0 Å². The number of carbonyl (C=O) groups excluding carboxylic acids is 2. The Bertz CT molecular complexity index is 1100. The summed E-state index contributed by atoms with van der Waals surface area (Å²) >= 11 is 5.82. The van der Waals surface area contributed by atoms with Gasteiger partial charge in [0.15, 0.2) is 6.61 Å². The Morgan fingerprint density at radius 3 is 2.31 bits per heavy atom. The molecule has 1 fully saturated rings. The van der Waals surface area contributed by atoms with Crippen molar-refractivity contribution < 1.29 is 22.7 Å². The SMILES string of the molecule is N#CCc1ccc(NC(=O)COC(=O)C2CCN(S(=O)(=O)c3ccc(Cl)cc3)CC2)cc1. The minimum Gasteiger partial charge on any atom is -0.455 e. The number of anilines is 1. The maximum Gasteiger partial charge on any atom is 0.309 e. The number of ether oxygens (including phenoxy) is 1. The number of nitrogens with zero attached hydrogens (tertiary/aromatic N) is 2. The second-order valence-electron chi connectivity index (χ2n) is 7.32. The Kier molecular flexibility index (Phi) is 7.85. The van der Waals surface area contributed by atoms with Crippen molar-refractivity contribution >= 4 is 39.2 Å². The highest BCUT2D eigenvalue weighted by molar-refractivity contribution is 7.89. The van der Waals surface area contributed by atoms with Crippen molar-refractivity contribution in [3.8, 4) is 6.07 Å². The van der Waals surface area contributed by atoms with Crippen LogP contribution >= 0.6 is 11.6 Å². The van der Waals surface area contributed by atoms with Crippen LogP contribution in [0.15, 0.2) is 53.4 Å². The lowest BCUT2D eigenvalue weighted by molar-refractivity contribution is -0.152. The predicted molar refractivity (Wildman–Crippen MR) is 118 cm³/mol. The highest BCUT2D eigenvalue weighted by atomic mass is 35.5. The van der Waals surface area contributed by atoms with Gasteiger partial charge in [0.05, 0.1) is 23.3 Å². The van der Waals surface area contributed by atoms with E-state index in [1.165, 1.54) is 28.6 Å². The van der Waals surface area contributed by atoms with Crippen LogP contribution in [0.4, 0.5) is 5.69 Å². The van der Waals surface area contributed by atoms with Gasteiger partial charge in [-0.1, -0.05) is 23.7 Å². The molecular formula is C22H22ClN3O5S. The topological polar surface area (TPSA) is 117 Å². The summed E-state index contributed by atoms with van der Waals surface area (Å²) in [4.78, 5) is 24.5. The number of hydrogen-bond acceptors (Lipinski definition) is 6. The van der Waals surface area contributed by atoms with Crippen LogP contribution in [0.2, 0.25) is 5.02 Å². The maximum absolute atomic E-state index is 12.7. The fraction of sp³-hybridized carbons (Fsp3) is 0.318. The van der Waals surface area contributed by atoms with Crippen LogP contribution in [-0.2, 0) is 30.8 Å². The zero-order valence-electron chi connectivity index (χ0n) is 17.2. The van der Waals surface area contributed by atoms with Crippen LogP contribution in [0.5, 0.6) is 0 Å². The number of esters is 1. The van der Waals surface area contributed by atoms with E-state index in [2.05, 4.69) is 5.32 Å². The van der Waals surface area contributed by atoms with Gasteiger partial charge in [0.2, 0.25) is 10.0 Å². The molecule has 0 aliphatic carbocycles. The molecule has 32 heavy (non-hydrogen) atoms. The van der Waals surface area contributed by atoms with Crippen molar-refractivity contribution in [3.05, 3.63) is 59.1 Å². The summed E-state index contributed by atoms with van der Waals surface area (Å²) in [6.07, 6.45) is 0.910. The van der Waals surface area contributed by atoms with E-state index < -0.39 is 34.4 Å². The predicted octanol–water partition coefficient (Wildman–Crippen LogP) is 2.99. The Morgan fingerprint density at radius 1 is 1.09 bits per heavy atom. The summed E-state index contributed by atoms with van der Waals surface area (Å²) in [5.74, 6) is -1.47. The number of sulfonamides is 1. The first-order chi connectivity index (χ1) is 15.3. The molecule has 2 aromatic carbocycles. The molecule has 0 spiro atoms. The molecule has 1 heterocycles. The zero-order chi connectivity index (χ0) is 23.1. The van der Waals surface area contributed by atoms with E-state index in [-0.39, 0.29) is 24.4 Å². The van der Waals surface area contributed by atoms with E-state index in [0.717, 1.165) is 5.56 Å². The molecule has 1 aliphatic heterocycles. The van der Waals surface area contributed by atoms with Gasteiger partial charge >= 0.3 is 5.97 Å². The molecule has 1 saturated heterocycles. The highest BCUT2D eigenvalue weighted by Gasteiger charge is 2.33. The first kappa shape index (κ1) is 23.7. The number of nitrogens with one attached hydrogen (secondary N) is 1. The second kappa shape index (κ2) is 10.6. The number of nitriles is 1. The first-order valence-electron chi connectivity index (χ1n) is 9.97. The minimum atomic E-state index is -3.65. The average Bonchev–Trinajstić information content (AvgIpc) is 2.79. The fourth-order valence-corrected chi connectivity index (χ4v) is 4.93. The molecule has 10 heteroatoms. The van der Waals surface area contributed by atoms with Crippen LogP contribution in [0.1, 0.15) is 18.4 Å². The van der Waals surface area contributed by atoms with Crippen molar-refractivity contribution in [2.45, 2.75) is 24.2 Å². The van der Waals surface area contributed by atoms with Crippen molar-refractivity contribution in [2.75, 3.05) is 25.0 Å². The molecule has 1 aliphatic rings. The van der Waals surface area contributed by atoms with Crippen LogP contribution in [0.25, 0.3) is 0 Å². The molecule has 3 rings (SSSR count). The molecule has 0 radical (unpaired) electrons. The number of amides is 1. The minimum absolute atomic E-state index is 0.153. The molecule has 168 valence electrons. The van der Waals surface area contributed by atoms with Gasteiger partial charge in [-0.05, 0) is 54.8 Å². The summed E-state index contributed by atoms with van der Waals surface area (Å²) in [7, 11) is -3.65. The molecule has 1 N–H and O–H groups in total. The Balaban J connectivity index is 1.45. The number of halogens is 1. The molecule has 0 bridgehead atoms. The molecule has 8 nitrogen and oxygen atoms in total. The summed E-state index contributed by atoms with van der Waals surface area (Å²) < 4.78 is 31.9. The fourth-order valence-electron chi connectivity index (χ4n) is 3.34. The van der Waals surface area contributed by atoms with E-state index in [0.29, 0.717) is 23.6 Å². The maximum atomic E-state index is 12.7. The lowest BCUT2D eigenvalue weighted by Crippen LogP contribution is -2.40. The Hall–Kier alpha value is -2.93. The van der Waals surface area contributed by atoms with E-state index in [1.54, 1.807) is 24.3 Å². The number of piperidine rings is 1. The van der Waals surface area contributed by atoms with Crippen molar-refractivity contribution in [1.29, 1.82) is 5.26 Å². The number of hydrogen-bond donors (Lipinski definition) is 1. The quantitative estimate of drug-likeness (QED) is 0.615. The molecular weight excluding hydrogens is 454 g/mol. The molecule has 0 saturated carbocycles. The van der Waals surface area contributed by atoms with Gasteiger partial charge in [0.25, 0.3) is 5.91 Å². The van der Waals surface area contributed by atoms with E-state index in [9.17, 15) is 18.0 Å². The van der Waals surface area contributed by atoms with Gasteiger partial charge in [-0.3, -0.25) is 9.59 Å². The first-order valence-corrected chi connectivity index (χ1v) is 11.8. The third-order valence-corrected chi connectivity index (χ3v) is 7.27. The van der Waals surface area contributed by atoms with Gasteiger partial charge in [-0.25, -0.2) is 8.42 Å². The van der Waals surface area contributed by atoms with E-state index >= 15 is 0 Å². The lowest BCUT2D eigenvalue weighted by atomic mass is 9.98. The molecule has 0 unspecified atom stereocenters. The highest BCUT2D eigenvalue weighted by Crippen LogP contribution is 2.25. The Labute approximate surface area is 191 Å². The number of benzene rings is 2. The monoisotopic (exact) mass is 475 g/mol. The number of rotatable bonds is 7. The third-order valence-electron chi connectivity index (χ3n) is 5.11. The van der Waals surface area contributed by atoms with E-state index in [4.69, 9.17) is 21.6 Å². The van der Waals surface area contributed by atoms with Crippen LogP contribution in [0.3, 0.4) is 0 Å². The smallest absolute Gasteiger partial charge is 0.309 e. The molecule has 0 aromatic heterocycles. The summed E-state index contributed by atoms with van der Waals surface area (Å²) in [5.41, 5.74) is 1.37. The van der Waals surface area contributed by atoms with Gasteiger partial charge in [-0.2, -0.15) is 9.57 Å². The Morgan fingerprint density at radius 2 is 1.72 bits per heavy atom. The van der Waals surface area contributed by atoms with Crippen LogP contribution in [0, 0.1) is 17.2 Å². The lowest BCUT2D eigenvalue weighted by Gasteiger charge is -2.30. The normalized spacial score (nSPS) is 15.0. The average molecular weight is 476 g/mol. The number of carbonyl (C=O) groups is 2. The van der Waals surface area contributed by atoms with Gasteiger partial charge in [-0.15, -0.1) is 0 Å². The standard InChI is InChI=1S/C22H22ClN3O5S/c23-18-3-7-20(8-4-18)32(29,30)26-13-10-17(11-14-26)22(28)31-15-21(27)25-19-5-1-16(2-6-19)9-12-24/h1-8,17H,9-11,13-15H2,(H,25,27). The molecule has 2 aromatic rings. The van der Waals surface area contributed by atoms with E-state index in [1.807, 2.05) is 6.07 Å². The van der Waals surface area contributed by atoms with Gasteiger partial charge < -0.3 is 10.1 Å². The van der Waals surface area contributed by atoms with Gasteiger partial charge in [0, 0.05) is 23.8 Å². The van der Waals surface area contributed by atoms with Gasteiger partial charge in [0.1, 0.15) is 0 Å². The van der Waals surface area contributed by atoms with Crippen molar-refractivity contribution in [2.24, 2.45) is 5.92 Å². The molecule has 1 amide bonds. The largest absolute Gasteiger partial charge is 0.455 e. The summed E-state index contributed by atoms with van der Waals surface area (Å²) in [6, 6.07) is 14.8. The summed E-state index contributed by atoms with van der Waals surface area (Å²) in [6.45, 7) is -0.0556. The second-order valence-corrected chi connectivity index (χ2v) is 9.69.